The molecule has 2 amide bonds. The Balaban J connectivity index is 2.15. The van der Waals surface area contributed by atoms with Crippen LogP contribution in [0.5, 0.6) is 5.75 Å². The van der Waals surface area contributed by atoms with Crippen molar-refractivity contribution >= 4 is 27.3 Å². The van der Waals surface area contributed by atoms with Gasteiger partial charge in [0.25, 0.3) is 0 Å². The minimum Gasteiger partial charge on any atom is -0.506 e. The maximum atomic E-state index is 12.0. The first-order valence-electron chi connectivity index (χ1n) is 6.11. The van der Waals surface area contributed by atoms with Gasteiger partial charge >= 0.3 is 0 Å². The fraction of sp³-hybridized carbons (Fsp3) is 0.333. The van der Waals surface area contributed by atoms with E-state index in [9.17, 15) is 23.1 Å². The van der Waals surface area contributed by atoms with Gasteiger partial charge in [0.1, 0.15) is 11.8 Å². The van der Waals surface area contributed by atoms with Crippen molar-refractivity contribution in [3.63, 3.8) is 0 Å². The van der Waals surface area contributed by atoms with E-state index < -0.39 is 21.8 Å². The number of nitrogens with one attached hydrogen (secondary N) is 3. The molecule has 21 heavy (non-hydrogen) atoms. The highest BCUT2D eigenvalue weighted by atomic mass is 32.2. The topological polar surface area (TPSA) is 125 Å². The molecular formula is C12H15N3O5S. The van der Waals surface area contributed by atoms with Gasteiger partial charge in [0.05, 0.1) is 17.1 Å². The Kier molecular flexibility index (Phi) is 4.14. The first-order chi connectivity index (χ1) is 9.77. The van der Waals surface area contributed by atoms with Crippen LogP contribution in [0.3, 0.4) is 0 Å². The van der Waals surface area contributed by atoms with Crippen LogP contribution in [0.25, 0.3) is 0 Å². The normalized spacial score (nSPS) is 18.9. The summed E-state index contributed by atoms with van der Waals surface area (Å²) in [5.74, 6) is -0.924. The molecule has 0 aliphatic carbocycles. The largest absolute Gasteiger partial charge is 0.506 e. The number of carbonyl (C=O) groups excluding carboxylic acids is 2. The van der Waals surface area contributed by atoms with Crippen LogP contribution in [0, 0.1) is 0 Å². The number of phenolic OH excluding ortho intramolecular Hbond substituents is 1. The Morgan fingerprint density at radius 1 is 1.43 bits per heavy atom. The average Bonchev–Trinajstić information content (AvgIpc) is 2.40. The van der Waals surface area contributed by atoms with Crippen molar-refractivity contribution in [2.75, 3.05) is 24.7 Å². The van der Waals surface area contributed by atoms with E-state index in [-0.39, 0.29) is 35.3 Å². The maximum absolute atomic E-state index is 12.0. The number of benzene rings is 1. The van der Waals surface area contributed by atoms with Crippen LogP contribution in [0.1, 0.15) is 0 Å². The Labute approximate surface area is 121 Å². The third-order valence-corrected chi connectivity index (χ3v) is 4.09. The summed E-state index contributed by atoms with van der Waals surface area (Å²) < 4.78 is 22.9. The number of piperazine rings is 1. The number of rotatable bonds is 3. The third-order valence-electron chi connectivity index (χ3n) is 2.98. The molecule has 0 radical (unpaired) electrons. The predicted molar refractivity (Wildman–Crippen MR) is 74.6 cm³/mol. The SMILES string of the molecule is CS(=O)(=O)c1ccc(O)c(NC(=O)C2CNC(=O)CN2)c1. The monoisotopic (exact) mass is 313 g/mol. The molecule has 0 saturated carbocycles. The van der Waals surface area contributed by atoms with E-state index in [0.29, 0.717) is 0 Å². The van der Waals surface area contributed by atoms with E-state index >= 15 is 0 Å². The molecule has 2 rings (SSSR count). The molecule has 114 valence electrons. The fourth-order valence-corrected chi connectivity index (χ4v) is 2.46. The lowest BCUT2D eigenvalue weighted by atomic mass is 10.2. The van der Waals surface area contributed by atoms with Gasteiger partial charge in [-0.05, 0) is 18.2 Å². The van der Waals surface area contributed by atoms with Crippen molar-refractivity contribution in [3.8, 4) is 5.75 Å². The van der Waals surface area contributed by atoms with Gasteiger partial charge in [-0.3, -0.25) is 14.9 Å². The summed E-state index contributed by atoms with van der Waals surface area (Å²) in [4.78, 5) is 23.0. The third kappa shape index (κ3) is 3.70. The molecule has 1 saturated heterocycles. The van der Waals surface area contributed by atoms with Gasteiger partial charge in [-0.1, -0.05) is 0 Å². The van der Waals surface area contributed by atoms with Crippen LogP contribution >= 0.6 is 0 Å². The number of hydrogen-bond donors (Lipinski definition) is 4. The van der Waals surface area contributed by atoms with Gasteiger partial charge in [-0.25, -0.2) is 8.42 Å². The van der Waals surface area contributed by atoms with Crippen molar-refractivity contribution < 1.29 is 23.1 Å². The fourth-order valence-electron chi connectivity index (χ4n) is 1.82. The molecular weight excluding hydrogens is 298 g/mol. The van der Waals surface area contributed by atoms with Crippen molar-refractivity contribution in [2.24, 2.45) is 0 Å². The zero-order valence-electron chi connectivity index (χ0n) is 11.2. The number of hydrogen-bond acceptors (Lipinski definition) is 6. The van der Waals surface area contributed by atoms with Gasteiger partial charge in [-0.15, -0.1) is 0 Å². The number of sulfone groups is 1. The zero-order chi connectivity index (χ0) is 15.6. The van der Waals surface area contributed by atoms with Crippen molar-refractivity contribution in [2.45, 2.75) is 10.9 Å². The molecule has 4 N–H and O–H groups in total. The highest BCUT2D eigenvalue weighted by molar-refractivity contribution is 7.90. The molecule has 9 heteroatoms. The zero-order valence-corrected chi connectivity index (χ0v) is 12.0. The van der Waals surface area contributed by atoms with E-state index in [2.05, 4.69) is 16.0 Å². The lowest BCUT2D eigenvalue weighted by Crippen LogP contribution is -2.56. The highest BCUT2D eigenvalue weighted by Gasteiger charge is 2.24. The van der Waals surface area contributed by atoms with Gasteiger partial charge < -0.3 is 15.7 Å². The number of aromatic hydroxyl groups is 1. The standard InChI is InChI=1S/C12H15N3O5S/c1-21(19,20)7-2-3-10(16)8(4-7)15-12(18)9-5-14-11(17)6-13-9/h2-4,9,13,16H,5-6H2,1H3,(H,14,17)(H,15,18). The van der Waals surface area contributed by atoms with Crippen LogP contribution in [0.2, 0.25) is 0 Å². The van der Waals surface area contributed by atoms with Gasteiger partial charge in [0.2, 0.25) is 11.8 Å². The maximum Gasteiger partial charge on any atom is 0.243 e. The Hall–Kier alpha value is -2.13. The van der Waals surface area contributed by atoms with Crippen LogP contribution in [-0.4, -0.2) is 50.7 Å². The van der Waals surface area contributed by atoms with Crippen LogP contribution in [-0.2, 0) is 19.4 Å². The minimum atomic E-state index is -3.45. The number of anilines is 1. The lowest BCUT2D eigenvalue weighted by Gasteiger charge is -2.23. The number of carbonyl (C=O) groups is 2. The molecule has 1 unspecified atom stereocenters. The van der Waals surface area contributed by atoms with E-state index in [1.54, 1.807) is 0 Å². The van der Waals surface area contributed by atoms with E-state index in [4.69, 9.17) is 0 Å². The summed E-state index contributed by atoms with van der Waals surface area (Å²) in [5.41, 5.74) is 0.00150. The lowest BCUT2D eigenvalue weighted by molar-refractivity contribution is -0.124. The summed E-state index contributed by atoms with van der Waals surface area (Å²) in [6.45, 7) is 0.143. The predicted octanol–water partition coefficient (Wildman–Crippen LogP) is -1.18. The summed E-state index contributed by atoms with van der Waals surface area (Å²) in [6, 6.07) is 2.98. The summed E-state index contributed by atoms with van der Waals surface area (Å²) in [6.07, 6.45) is 1.03. The molecule has 0 spiro atoms. The molecule has 1 aliphatic heterocycles. The van der Waals surface area contributed by atoms with Crippen molar-refractivity contribution in [1.29, 1.82) is 0 Å². The van der Waals surface area contributed by atoms with Crippen molar-refractivity contribution in [3.05, 3.63) is 18.2 Å². The number of phenols is 1. The first kappa shape index (κ1) is 15.3. The Bertz CT molecular complexity index is 676. The van der Waals surface area contributed by atoms with Crippen molar-refractivity contribution in [1.82, 2.24) is 10.6 Å². The summed E-state index contributed by atoms with van der Waals surface area (Å²) in [7, 11) is -3.45. The molecule has 1 aromatic carbocycles. The van der Waals surface area contributed by atoms with Gasteiger partial charge in [0, 0.05) is 12.8 Å². The highest BCUT2D eigenvalue weighted by Crippen LogP contribution is 2.26. The molecule has 8 nitrogen and oxygen atoms in total. The molecule has 1 aromatic rings. The molecule has 1 atom stereocenters. The molecule has 1 aliphatic rings. The van der Waals surface area contributed by atoms with E-state index in [0.717, 1.165) is 6.26 Å². The average molecular weight is 313 g/mol. The number of amides is 2. The van der Waals surface area contributed by atoms with Crippen LogP contribution in [0.15, 0.2) is 23.1 Å². The Morgan fingerprint density at radius 3 is 2.71 bits per heavy atom. The molecule has 1 heterocycles. The Morgan fingerprint density at radius 2 is 2.14 bits per heavy atom. The van der Waals surface area contributed by atoms with Crippen LogP contribution < -0.4 is 16.0 Å². The first-order valence-corrected chi connectivity index (χ1v) is 8.00. The quantitative estimate of drug-likeness (QED) is 0.521. The molecule has 0 bridgehead atoms. The van der Waals surface area contributed by atoms with Gasteiger partial charge in [-0.2, -0.15) is 0 Å². The molecule has 0 aromatic heterocycles. The van der Waals surface area contributed by atoms with E-state index in [1.165, 1.54) is 18.2 Å². The summed E-state index contributed by atoms with van der Waals surface area (Å²) >= 11 is 0. The van der Waals surface area contributed by atoms with Gasteiger partial charge in [0.15, 0.2) is 9.84 Å². The second kappa shape index (κ2) is 5.70. The minimum absolute atomic E-state index is 0.00150. The molecule has 1 fully saturated rings. The smallest absolute Gasteiger partial charge is 0.243 e. The van der Waals surface area contributed by atoms with Crippen LogP contribution in [0.4, 0.5) is 5.69 Å². The summed E-state index contributed by atoms with van der Waals surface area (Å²) in [5, 5.41) is 17.4. The van der Waals surface area contributed by atoms with E-state index in [1.807, 2.05) is 0 Å². The second-order valence-corrected chi connectivity index (χ2v) is 6.69. The second-order valence-electron chi connectivity index (χ2n) is 4.68.